The third kappa shape index (κ3) is 3.70. The fraction of sp³-hybridized carbons (Fsp3) is 0.833. The fourth-order valence-electron chi connectivity index (χ4n) is 2.20. The van der Waals surface area contributed by atoms with Crippen LogP contribution in [-0.2, 0) is 9.59 Å². The molecule has 17 heavy (non-hydrogen) atoms. The van der Waals surface area contributed by atoms with Crippen molar-refractivity contribution in [3.05, 3.63) is 0 Å². The zero-order chi connectivity index (χ0) is 12.8. The van der Waals surface area contributed by atoms with Gasteiger partial charge in [-0.1, -0.05) is 13.3 Å². The SMILES string of the molecule is CCCCNC(=O)C(C)N1CCCC1C(=O)O. The molecule has 0 saturated carbocycles. The van der Waals surface area contributed by atoms with Gasteiger partial charge in [0.15, 0.2) is 0 Å². The van der Waals surface area contributed by atoms with Crippen LogP contribution >= 0.6 is 0 Å². The summed E-state index contributed by atoms with van der Waals surface area (Å²) in [5.74, 6) is -0.887. The molecule has 1 saturated heterocycles. The first-order valence-electron chi connectivity index (χ1n) is 6.34. The van der Waals surface area contributed by atoms with Crippen molar-refractivity contribution < 1.29 is 14.7 Å². The Morgan fingerprint density at radius 2 is 2.24 bits per heavy atom. The predicted octanol–water partition coefficient (Wildman–Crippen LogP) is 0.840. The van der Waals surface area contributed by atoms with Gasteiger partial charge in [-0.05, 0) is 32.7 Å². The lowest BCUT2D eigenvalue weighted by molar-refractivity contribution is -0.143. The van der Waals surface area contributed by atoms with E-state index in [4.69, 9.17) is 5.11 Å². The van der Waals surface area contributed by atoms with Crippen LogP contribution in [0.4, 0.5) is 0 Å². The molecule has 0 aromatic heterocycles. The zero-order valence-corrected chi connectivity index (χ0v) is 10.6. The van der Waals surface area contributed by atoms with Crippen LogP contribution in [0.5, 0.6) is 0 Å². The molecular weight excluding hydrogens is 220 g/mol. The van der Waals surface area contributed by atoms with E-state index in [9.17, 15) is 9.59 Å². The topological polar surface area (TPSA) is 69.6 Å². The van der Waals surface area contributed by atoms with Crippen molar-refractivity contribution in [1.82, 2.24) is 10.2 Å². The number of nitrogens with one attached hydrogen (secondary N) is 1. The van der Waals surface area contributed by atoms with Crippen molar-refractivity contribution in [2.75, 3.05) is 13.1 Å². The summed E-state index contributed by atoms with van der Waals surface area (Å²) in [6, 6.07) is -0.850. The highest BCUT2D eigenvalue weighted by molar-refractivity contribution is 5.82. The Balaban J connectivity index is 2.47. The fourth-order valence-corrected chi connectivity index (χ4v) is 2.20. The largest absolute Gasteiger partial charge is 0.480 e. The van der Waals surface area contributed by atoms with E-state index in [1.165, 1.54) is 0 Å². The van der Waals surface area contributed by atoms with Crippen LogP contribution < -0.4 is 5.32 Å². The van der Waals surface area contributed by atoms with E-state index >= 15 is 0 Å². The van der Waals surface area contributed by atoms with Gasteiger partial charge >= 0.3 is 5.97 Å². The molecule has 0 bridgehead atoms. The third-order valence-corrected chi connectivity index (χ3v) is 3.29. The summed E-state index contributed by atoms with van der Waals surface area (Å²) < 4.78 is 0. The molecule has 0 aromatic rings. The van der Waals surface area contributed by atoms with Gasteiger partial charge in [-0.15, -0.1) is 0 Å². The van der Waals surface area contributed by atoms with E-state index in [0.717, 1.165) is 19.3 Å². The van der Waals surface area contributed by atoms with Crippen LogP contribution in [-0.4, -0.2) is 47.1 Å². The number of likely N-dealkylation sites (tertiary alicyclic amines) is 1. The molecule has 0 spiro atoms. The summed E-state index contributed by atoms with van der Waals surface area (Å²) in [6.45, 7) is 5.21. The average molecular weight is 242 g/mol. The maximum Gasteiger partial charge on any atom is 0.320 e. The van der Waals surface area contributed by atoms with Crippen LogP contribution in [0.3, 0.4) is 0 Å². The monoisotopic (exact) mass is 242 g/mol. The summed E-state index contributed by atoms with van der Waals surface area (Å²) in [5.41, 5.74) is 0. The number of hydrogen-bond donors (Lipinski definition) is 2. The third-order valence-electron chi connectivity index (χ3n) is 3.29. The molecule has 98 valence electrons. The second kappa shape index (κ2) is 6.59. The Morgan fingerprint density at radius 3 is 2.82 bits per heavy atom. The summed E-state index contributed by atoms with van der Waals surface area (Å²) >= 11 is 0. The molecule has 1 fully saturated rings. The molecule has 5 nitrogen and oxygen atoms in total. The standard InChI is InChI=1S/C12H22N2O3/c1-3-4-7-13-11(15)9(2)14-8-5-6-10(14)12(16)17/h9-10H,3-8H2,1-2H3,(H,13,15)(H,16,17). The molecular formula is C12H22N2O3. The van der Waals surface area contributed by atoms with Crippen molar-refractivity contribution in [1.29, 1.82) is 0 Å². The van der Waals surface area contributed by atoms with Crippen molar-refractivity contribution in [2.24, 2.45) is 0 Å². The number of carbonyl (C=O) groups is 2. The Bertz CT molecular complexity index is 281. The molecule has 1 aliphatic heterocycles. The van der Waals surface area contributed by atoms with Crippen molar-refractivity contribution >= 4 is 11.9 Å². The number of carboxylic acid groups (broad SMARTS) is 1. The lowest BCUT2D eigenvalue weighted by atomic mass is 10.2. The molecule has 0 aromatic carbocycles. The second-order valence-electron chi connectivity index (χ2n) is 4.55. The van der Waals surface area contributed by atoms with Gasteiger partial charge in [0.1, 0.15) is 6.04 Å². The Kier molecular flexibility index (Phi) is 5.41. The van der Waals surface area contributed by atoms with Gasteiger partial charge < -0.3 is 10.4 Å². The Morgan fingerprint density at radius 1 is 1.53 bits per heavy atom. The zero-order valence-electron chi connectivity index (χ0n) is 10.6. The average Bonchev–Trinajstić information content (AvgIpc) is 2.77. The summed E-state index contributed by atoms with van der Waals surface area (Å²) in [6.07, 6.45) is 3.49. The predicted molar refractivity (Wildman–Crippen MR) is 64.7 cm³/mol. The number of carboxylic acids is 1. The van der Waals surface area contributed by atoms with Crippen molar-refractivity contribution in [2.45, 2.75) is 51.6 Å². The number of rotatable bonds is 6. The smallest absolute Gasteiger partial charge is 0.320 e. The second-order valence-corrected chi connectivity index (χ2v) is 4.55. The Hall–Kier alpha value is -1.10. The summed E-state index contributed by atoms with van der Waals surface area (Å²) in [5, 5.41) is 11.9. The van der Waals surface area contributed by atoms with Crippen molar-refractivity contribution in [3.63, 3.8) is 0 Å². The van der Waals surface area contributed by atoms with Gasteiger partial charge in [0.2, 0.25) is 5.91 Å². The number of nitrogens with zero attached hydrogens (tertiary/aromatic N) is 1. The first-order valence-corrected chi connectivity index (χ1v) is 6.34. The molecule has 0 aliphatic carbocycles. The lowest BCUT2D eigenvalue weighted by Gasteiger charge is -2.27. The first kappa shape index (κ1) is 14.0. The van der Waals surface area contributed by atoms with E-state index in [0.29, 0.717) is 19.5 Å². The molecule has 1 aliphatic rings. The molecule has 1 heterocycles. The van der Waals surface area contributed by atoms with Gasteiger partial charge in [0.05, 0.1) is 6.04 Å². The minimum absolute atomic E-state index is 0.0633. The van der Waals surface area contributed by atoms with Crippen molar-refractivity contribution in [3.8, 4) is 0 Å². The molecule has 1 amide bonds. The first-order chi connectivity index (χ1) is 8.07. The van der Waals surface area contributed by atoms with Gasteiger partial charge in [-0.25, -0.2) is 0 Å². The van der Waals surface area contributed by atoms with Gasteiger partial charge in [0, 0.05) is 6.54 Å². The molecule has 0 radical (unpaired) electrons. The van der Waals surface area contributed by atoms with Crippen LogP contribution in [0.25, 0.3) is 0 Å². The highest BCUT2D eigenvalue weighted by Gasteiger charge is 2.36. The summed E-state index contributed by atoms with van der Waals surface area (Å²) in [4.78, 5) is 24.6. The van der Waals surface area contributed by atoms with Crippen LogP contribution in [0.2, 0.25) is 0 Å². The number of aliphatic carboxylic acids is 1. The summed E-state index contributed by atoms with van der Waals surface area (Å²) in [7, 11) is 0. The van der Waals surface area contributed by atoms with E-state index in [1.807, 2.05) is 0 Å². The van der Waals surface area contributed by atoms with Gasteiger partial charge in [0.25, 0.3) is 0 Å². The van der Waals surface area contributed by atoms with E-state index in [2.05, 4.69) is 12.2 Å². The number of hydrogen-bond acceptors (Lipinski definition) is 3. The maximum atomic E-state index is 11.8. The maximum absolute atomic E-state index is 11.8. The molecule has 1 rings (SSSR count). The quantitative estimate of drug-likeness (QED) is 0.677. The van der Waals surface area contributed by atoms with E-state index < -0.39 is 12.0 Å². The molecule has 2 N–H and O–H groups in total. The number of amides is 1. The highest BCUT2D eigenvalue weighted by Crippen LogP contribution is 2.20. The molecule has 5 heteroatoms. The van der Waals surface area contributed by atoms with E-state index in [-0.39, 0.29) is 11.9 Å². The Labute approximate surface area is 102 Å². The molecule has 2 atom stereocenters. The normalized spacial score (nSPS) is 22.4. The highest BCUT2D eigenvalue weighted by atomic mass is 16.4. The number of carbonyl (C=O) groups excluding carboxylic acids is 1. The number of unbranched alkanes of at least 4 members (excludes halogenated alkanes) is 1. The minimum atomic E-state index is -0.823. The minimum Gasteiger partial charge on any atom is -0.480 e. The van der Waals surface area contributed by atoms with E-state index in [1.54, 1.807) is 11.8 Å². The van der Waals surface area contributed by atoms with Crippen LogP contribution in [0, 0.1) is 0 Å². The lowest BCUT2D eigenvalue weighted by Crippen LogP contribution is -2.49. The molecule has 2 unspecified atom stereocenters. The van der Waals surface area contributed by atoms with Gasteiger partial charge in [-0.3, -0.25) is 14.5 Å². The van der Waals surface area contributed by atoms with Gasteiger partial charge in [-0.2, -0.15) is 0 Å². The van der Waals surface area contributed by atoms with Crippen LogP contribution in [0.1, 0.15) is 39.5 Å². The van der Waals surface area contributed by atoms with Crippen LogP contribution in [0.15, 0.2) is 0 Å².